The first-order valence-corrected chi connectivity index (χ1v) is 14.7. The van der Waals surface area contributed by atoms with Crippen molar-refractivity contribution < 1.29 is 22.7 Å². The minimum Gasteiger partial charge on any atom is -0.378 e. The van der Waals surface area contributed by atoms with E-state index in [2.05, 4.69) is 5.32 Å². The van der Waals surface area contributed by atoms with Crippen LogP contribution in [0.3, 0.4) is 0 Å². The number of carbonyl (C=O) groups excluding carboxylic acids is 2. The Kier molecular flexibility index (Phi) is 10.3. The molecule has 35 heavy (non-hydrogen) atoms. The largest absolute Gasteiger partial charge is 0.378 e. The van der Waals surface area contributed by atoms with Crippen molar-refractivity contribution in [2.45, 2.75) is 12.2 Å². The third-order valence-corrected chi connectivity index (χ3v) is 7.87. The average Bonchev–Trinajstić information content (AvgIpc) is 2.85. The lowest BCUT2D eigenvalue weighted by Gasteiger charge is -2.27. The summed E-state index contributed by atoms with van der Waals surface area (Å²) in [7, 11) is -3.69. The second kappa shape index (κ2) is 13.2. The smallest absolute Gasteiger partial charge is 0.254 e. The molecule has 1 aliphatic heterocycles. The van der Waals surface area contributed by atoms with E-state index in [9.17, 15) is 18.0 Å². The van der Waals surface area contributed by atoms with Gasteiger partial charge in [-0.1, -0.05) is 23.7 Å². The molecule has 2 aromatic carbocycles. The molecule has 2 aromatic rings. The van der Waals surface area contributed by atoms with Crippen LogP contribution in [0.15, 0.2) is 48.5 Å². The summed E-state index contributed by atoms with van der Waals surface area (Å²) in [6, 6.07) is 14.0. The fourth-order valence-corrected chi connectivity index (χ4v) is 5.38. The Bertz CT molecular complexity index is 1090. The van der Waals surface area contributed by atoms with Crippen LogP contribution in [0.25, 0.3) is 0 Å². The summed E-state index contributed by atoms with van der Waals surface area (Å²) < 4.78 is 31.0. The number of hydrogen-bond acceptors (Lipinski definition) is 6. The van der Waals surface area contributed by atoms with E-state index in [1.807, 2.05) is 24.3 Å². The zero-order chi connectivity index (χ0) is 25.3. The Morgan fingerprint density at radius 3 is 2.37 bits per heavy atom. The van der Waals surface area contributed by atoms with Crippen molar-refractivity contribution >= 4 is 50.9 Å². The van der Waals surface area contributed by atoms with E-state index in [0.717, 1.165) is 28.5 Å². The van der Waals surface area contributed by atoms with Crippen molar-refractivity contribution in [1.29, 1.82) is 0 Å². The first-order chi connectivity index (χ1) is 16.7. The number of thioether (sulfide) groups is 1. The van der Waals surface area contributed by atoms with Gasteiger partial charge in [0.15, 0.2) is 0 Å². The van der Waals surface area contributed by atoms with E-state index in [0.29, 0.717) is 49.1 Å². The summed E-state index contributed by atoms with van der Waals surface area (Å²) in [6.45, 7) is 2.18. The van der Waals surface area contributed by atoms with Crippen molar-refractivity contribution in [2.75, 3.05) is 55.7 Å². The van der Waals surface area contributed by atoms with Crippen LogP contribution in [0, 0.1) is 0 Å². The molecule has 1 N–H and O–H groups in total. The summed E-state index contributed by atoms with van der Waals surface area (Å²) >= 11 is 7.64. The lowest BCUT2D eigenvalue weighted by molar-refractivity contribution is -0.119. The molecule has 0 spiro atoms. The summed E-state index contributed by atoms with van der Waals surface area (Å²) in [5.74, 6) is 1.21. The SMILES string of the molecule is CS(=O)(=O)N(CC(=O)NCCCSCc1ccc(Cl)cc1)c1ccc(C(=O)N2CCOCC2)cc1. The van der Waals surface area contributed by atoms with Crippen molar-refractivity contribution in [1.82, 2.24) is 10.2 Å². The molecule has 0 bridgehead atoms. The Labute approximate surface area is 216 Å². The van der Waals surface area contributed by atoms with Crippen LogP contribution in [0.4, 0.5) is 5.69 Å². The van der Waals surface area contributed by atoms with Gasteiger partial charge in [-0.2, -0.15) is 11.8 Å². The zero-order valence-electron chi connectivity index (χ0n) is 19.6. The number of anilines is 1. The number of hydrogen-bond donors (Lipinski definition) is 1. The quantitative estimate of drug-likeness (QED) is 0.441. The number of rotatable bonds is 11. The van der Waals surface area contributed by atoms with Gasteiger partial charge in [-0.3, -0.25) is 13.9 Å². The number of benzene rings is 2. The Balaban J connectivity index is 1.47. The highest BCUT2D eigenvalue weighted by molar-refractivity contribution is 7.98. The van der Waals surface area contributed by atoms with Crippen LogP contribution >= 0.6 is 23.4 Å². The highest BCUT2D eigenvalue weighted by Crippen LogP contribution is 2.20. The first-order valence-electron chi connectivity index (χ1n) is 11.3. The van der Waals surface area contributed by atoms with E-state index in [-0.39, 0.29) is 18.4 Å². The average molecular weight is 540 g/mol. The van der Waals surface area contributed by atoms with Gasteiger partial charge in [-0.15, -0.1) is 0 Å². The minimum absolute atomic E-state index is 0.127. The predicted octanol–water partition coefficient (Wildman–Crippen LogP) is 3.02. The van der Waals surface area contributed by atoms with Gasteiger partial charge in [0.05, 0.1) is 25.2 Å². The summed E-state index contributed by atoms with van der Waals surface area (Å²) in [6.07, 6.45) is 1.82. The molecule has 190 valence electrons. The van der Waals surface area contributed by atoms with Gasteiger partial charge >= 0.3 is 0 Å². The molecule has 11 heteroatoms. The molecule has 0 aliphatic carbocycles. The summed E-state index contributed by atoms with van der Waals surface area (Å²) in [5, 5.41) is 3.50. The predicted molar refractivity (Wildman–Crippen MR) is 141 cm³/mol. The fourth-order valence-electron chi connectivity index (χ4n) is 3.48. The van der Waals surface area contributed by atoms with E-state index in [1.165, 1.54) is 5.56 Å². The maximum Gasteiger partial charge on any atom is 0.254 e. The van der Waals surface area contributed by atoms with Gasteiger partial charge in [0.2, 0.25) is 15.9 Å². The minimum atomic E-state index is -3.69. The molecule has 0 atom stereocenters. The van der Waals surface area contributed by atoms with Crippen molar-refractivity contribution in [2.24, 2.45) is 0 Å². The molecule has 0 unspecified atom stereocenters. The van der Waals surface area contributed by atoms with Crippen molar-refractivity contribution in [3.05, 3.63) is 64.7 Å². The molecular formula is C24H30ClN3O5S2. The van der Waals surface area contributed by atoms with E-state index < -0.39 is 10.0 Å². The summed E-state index contributed by atoms with van der Waals surface area (Å²) in [4.78, 5) is 26.7. The topological polar surface area (TPSA) is 96.0 Å². The number of amides is 2. The number of nitrogens with one attached hydrogen (secondary N) is 1. The number of halogens is 1. The van der Waals surface area contributed by atoms with E-state index in [4.69, 9.17) is 16.3 Å². The highest BCUT2D eigenvalue weighted by Gasteiger charge is 2.22. The second-order valence-electron chi connectivity index (χ2n) is 8.10. The van der Waals surface area contributed by atoms with Crippen LogP contribution in [0.1, 0.15) is 22.3 Å². The molecule has 8 nitrogen and oxygen atoms in total. The fraction of sp³-hybridized carbons (Fsp3) is 0.417. The third-order valence-electron chi connectivity index (χ3n) is 5.36. The Hall–Kier alpha value is -2.27. The van der Waals surface area contributed by atoms with Gasteiger partial charge < -0.3 is 15.0 Å². The molecule has 1 fully saturated rings. The standard InChI is InChI=1S/C24H30ClN3O5S2/c1-35(31,32)28(22-9-5-20(6-10-22)24(30)27-12-14-33-15-13-27)17-23(29)26-11-2-16-34-18-19-3-7-21(25)8-4-19/h3-10H,2,11-18H2,1H3,(H,26,29). The van der Waals surface area contributed by atoms with E-state index in [1.54, 1.807) is 40.9 Å². The van der Waals surface area contributed by atoms with Gasteiger partial charge in [0.1, 0.15) is 6.54 Å². The van der Waals surface area contributed by atoms with Gasteiger partial charge in [0, 0.05) is 36.0 Å². The molecule has 1 saturated heterocycles. The van der Waals surface area contributed by atoms with Crippen LogP contribution in [-0.2, 0) is 25.3 Å². The molecule has 3 rings (SSSR count). The highest BCUT2D eigenvalue weighted by atomic mass is 35.5. The lowest BCUT2D eigenvalue weighted by atomic mass is 10.1. The number of ether oxygens (including phenoxy) is 1. The maximum atomic E-state index is 12.6. The number of carbonyl (C=O) groups is 2. The number of nitrogens with zero attached hydrogens (tertiary/aromatic N) is 2. The van der Waals surface area contributed by atoms with Crippen LogP contribution in [-0.4, -0.2) is 76.5 Å². The number of sulfonamides is 1. The molecule has 1 aliphatic rings. The molecule has 1 heterocycles. The third kappa shape index (κ3) is 8.71. The lowest BCUT2D eigenvalue weighted by Crippen LogP contribution is -2.41. The normalized spacial score (nSPS) is 13.9. The van der Waals surface area contributed by atoms with Crippen molar-refractivity contribution in [3.8, 4) is 0 Å². The van der Waals surface area contributed by atoms with Crippen LogP contribution in [0.2, 0.25) is 5.02 Å². The molecular weight excluding hydrogens is 510 g/mol. The zero-order valence-corrected chi connectivity index (χ0v) is 22.0. The van der Waals surface area contributed by atoms with Crippen LogP contribution in [0.5, 0.6) is 0 Å². The summed E-state index contributed by atoms with van der Waals surface area (Å²) in [5.41, 5.74) is 1.98. The molecule has 0 aromatic heterocycles. The Morgan fingerprint density at radius 1 is 1.09 bits per heavy atom. The van der Waals surface area contributed by atoms with E-state index >= 15 is 0 Å². The Morgan fingerprint density at radius 2 is 1.74 bits per heavy atom. The monoisotopic (exact) mass is 539 g/mol. The van der Waals surface area contributed by atoms with Crippen molar-refractivity contribution in [3.63, 3.8) is 0 Å². The molecule has 2 amide bonds. The van der Waals surface area contributed by atoms with Gasteiger partial charge in [-0.25, -0.2) is 8.42 Å². The van der Waals surface area contributed by atoms with Crippen LogP contribution < -0.4 is 9.62 Å². The first kappa shape index (κ1) is 27.3. The maximum absolute atomic E-state index is 12.6. The van der Waals surface area contributed by atoms with Gasteiger partial charge in [0.25, 0.3) is 5.91 Å². The van der Waals surface area contributed by atoms with Gasteiger partial charge in [-0.05, 0) is 54.1 Å². The molecule has 0 radical (unpaired) electrons. The second-order valence-corrected chi connectivity index (χ2v) is 11.6. The number of morpholine rings is 1. The molecule has 0 saturated carbocycles.